The minimum absolute atomic E-state index is 0.0750. The van der Waals surface area contributed by atoms with Crippen LogP contribution in [0.5, 0.6) is 0 Å². The largest absolute Gasteiger partial charge is 0.378 e. The average molecular weight is 445 g/mol. The number of nitrogens with one attached hydrogen (secondary N) is 2. The van der Waals surface area contributed by atoms with Crippen LogP contribution in [0.1, 0.15) is 18.2 Å². The molecule has 154 valence electrons. The molecular weight excluding hydrogens is 427 g/mol. The summed E-state index contributed by atoms with van der Waals surface area (Å²) < 4.78 is 6.82. The normalized spacial score (nSPS) is 15.0. The van der Waals surface area contributed by atoms with Crippen molar-refractivity contribution in [3.63, 3.8) is 0 Å². The predicted octanol–water partition coefficient (Wildman–Crippen LogP) is 4.53. The summed E-state index contributed by atoms with van der Waals surface area (Å²) in [6.07, 6.45) is -0.0750. The van der Waals surface area contributed by atoms with E-state index in [1.165, 1.54) is 0 Å². The first-order chi connectivity index (χ1) is 14.5. The minimum atomic E-state index is -0.775. The van der Waals surface area contributed by atoms with Gasteiger partial charge in [0.05, 0.1) is 18.7 Å². The molecule has 0 spiro atoms. The molecule has 1 atom stereocenters. The number of halogens is 2. The van der Waals surface area contributed by atoms with Gasteiger partial charge in [-0.3, -0.25) is 9.59 Å². The maximum absolute atomic E-state index is 12.6. The highest BCUT2D eigenvalue weighted by atomic mass is 35.5. The number of carbonyl (C=O) groups excluding carboxylic acids is 2. The summed E-state index contributed by atoms with van der Waals surface area (Å²) in [5.74, 6) is -0.0979. The number of carbonyl (C=O) groups is 2. The molecule has 0 bridgehead atoms. The second kappa shape index (κ2) is 8.47. The van der Waals surface area contributed by atoms with E-state index in [4.69, 9.17) is 27.9 Å². The van der Waals surface area contributed by atoms with Gasteiger partial charge in [0.25, 0.3) is 5.91 Å². The number of rotatable bonds is 6. The van der Waals surface area contributed by atoms with Crippen LogP contribution >= 0.6 is 23.2 Å². The van der Waals surface area contributed by atoms with Gasteiger partial charge in [0.15, 0.2) is 0 Å². The van der Waals surface area contributed by atoms with Crippen molar-refractivity contribution in [1.82, 2.24) is 9.78 Å². The highest BCUT2D eigenvalue weighted by molar-refractivity contribution is 6.31. The van der Waals surface area contributed by atoms with Gasteiger partial charge in [0.1, 0.15) is 11.9 Å². The smallest absolute Gasteiger partial charge is 0.251 e. The van der Waals surface area contributed by atoms with Gasteiger partial charge in [-0.05, 0) is 35.9 Å². The number of fused-ring (bicyclic) bond motifs is 1. The number of aromatic nitrogens is 2. The van der Waals surface area contributed by atoms with Crippen molar-refractivity contribution in [1.29, 1.82) is 0 Å². The number of hydrogen-bond acceptors (Lipinski definition) is 4. The van der Waals surface area contributed by atoms with E-state index in [0.29, 0.717) is 27.2 Å². The molecule has 2 heterocycles. The SMILES string of the molecule is COCc1nn2c(c1-c1cccc(Cl)c1)NC(=O)C2CC(=O)Nc1cccc(Cl)c1. The first kappa shape index (κ1) is 20.4. The molecule has 0 aliphatic carbocycles. The maximum Gasteiger partial charge on any atom is 0.251 e. The number of methoxy groups -OCH3 is 1. The number of amides is 2. The molecule has 0 radical (unpaired) electrons. The molecule has 4 rings (SSSR count). The zero-order valence-electron chi connectivity index (χ0n) is 16.0. The number of nitrogens with zero attached hydrogens (tertiary/aromatic N) is 2. The number of hydrogen-bond donors (Lipinski definition) is 2. The Labute approximate surface area is 182 Å². The Bertz CT molecular complexity index is 1130. The zero-order chi connectivity index (χ0) is 21.3. The summed E-state index contributed by atoms with van der Waals surface area (Å²) in [7, 11) is 1.57. The van der Waals surface area contributed by atoms with Crippen molar-refractivity contribution < 1.29 is 14.3 Å². The van der Waals surface area contributed by atoms with Crippen molar-refractivity contribution >= 4 is 46.5 Å². The third-order valence-electron chi connectivity index (χ3n) is 4.70. The molecular formula is C21H18Cl2N4O3. The van der Waals surface area contributed by atoms with Gasteiger partial charge in [0.2, 0.25) is 5.91 Å². The molecule has 0 saturated carbocycles. The van der Waals surface area contributed by atoms with Gasteiger partial charge in [-0.1, -0.05) is 41.4 Å². The number of ether oxygens (including phenoxy) is 1. The fourth-order valence-corrected chi connectivity index (χ4v) is 3.84. The van der Waals surface area contributed by atoms with Crippen LogP contribution in [0.15, 0.2) is 48.5 Å². The second-order valence-electron chi connectivity index (χ2n) is 6.83. The first-order valence-electron chi connectivity index (χ1n) is 9.19. The lowest BCUT2D eigenvalue weighted by atomic mass is 10.1. The average Bonchev–Trinajstić information content (AvgIpc) is 3.17. The molecule has 2 aromatic carbocycles. The molecule has 0 saturated heterocycles. The van der Waals surface area contributed by atoms with Gasteiger partial charge >= 0.3 is 0 Å². The van der Waals surface area contributed by atoms with E-state index in [1.807, 2.05) is 12.1 Å². The van der Waals surface area contributed by atoms with Crippen LogP contribution in [-0.4, -0.2) is 28.7 Å². The summed E-state index contributed by atoms with van der Waals surface area (Å²) in [6.45, 7) is 0.249. The molecule has 1 aliphatic heterocycles. The van der Waals surface area contributed by atoms with Crippen LogP contribution in [0, 0.1) is 0 Å². The van der Waals surface area contributed by atoms with Crippen molar-refractivity contribution in [2.75, 3.05) is 17.7 Å². The molecule has 2 amide bonds. The van der Waals surface area contributed by atoms with E-state index in [-0.39, 0.29) is 24.8 Å². The fourth-order valence-electron chi connectivity index (χ4n) is 3.46. The standard InChI is InChI=1S/C21H18Cl2N4O3/c1-30-11-16-19(12-4-2-5-13(22)8-12)20-25-21(29)17(27(20)26-16)10-18(28)24-15-7-3-6-14(23)9-15/h2-9,17H,10-11H2,1H3,(H,24,28)(H,25,29). The zero-order valence-corrected chi connectivity index (χ0v) is 17.5. The summed E-state index contributed by atoms with van der Waals surface area (Å²) in [6, 6.07) is 13.3. The van der Waals surface area contributed by atoms with E-state index >= 15 is 0 Å². The molecule has 1 aliphatic rings. The number of benzene rings is 2. The van der Waals surface area contributed by atoms with Gasteiger partial charge in [-0.15, -0.1) is 0 Å². The Balaban J connectivity index is 1.63. The van der Waals surface area contributed by atoms with Crippen LogP contribution in [0.25, 0.3) is 11.1 Å². The fraction of sp³-hybridized carbons (Fsp3) is 0.190. The second-order valence-corrected chi connectivity index (χ2v) is 7.70. The van der Waals surface area contributed by atoms with Gasteiger partial charge in [0, 0.05) is 28.4 Å². The van der Waals surface area contributed by atoms with Crippen LogP contribution < -0.4 is 10.6 Å². The van der Waals surface area contributed by atoms with Gasteiger partial charge in [-0.25, -0.2) is 4.68 Å². The highest BCUT2D eigenvalue weighted by Crippen LogP contribution is 2.39. The summed E-state index contributed by atoms with van der Waals surface area (Å²) >= 11 is 12.1. The van der Waals surface area contributed by atoms with E-state index in [0.717, 1.165) is 11.1 Å². The van der Waals surface area contributed by atoms with Crippen LogP contribution in [0.3, 0.4) is 0 Å². The Morgan fingerprint density at radius 1 is 1.20 bits per heavy atom. The van der Waals surface area contributed by atoms with Gasteiger partial charge in [-0.2, -0.15) is 5.10 Å². The lowest BCUT2D eigenvalue weighted by Gasteiger charge is -2.10. The molecule has 3 aromatic rings. The van der Waals surface area contributed by atoms with Crippen molar-refractivity contribution in [3.8, 4) is 11.1 Å². The lowest BCUT2D eigenvalue weighted by Crippen LogP contribution is -2.24. The van der Waals surface area contributed by atoms with Crippen molar-refractivity contribution in [2.45, 2.75) is 19.1 Å². The van der Waals surface area contributed by atoms with E-state index < -0.39 is 6.04 Å². The topological polar surface area (TPSA) is 85.2 Å². The molecule has 9 heteroatoms. The molecule has 2 N–H and O–H groups in total. The summed E-state index contributed by atoms with van der Waals surface area (Å²) in [5, 5.41) is 11.2. The van der Waals surface area contributed by atoms with Crippen LogP contribution in [0.2, 0.25) is 10.0 Å². The summed E-state index contributed by atoms with van der Waals surface area (Å²) in [4.78, 5) is 25.2. The highest BCUT2D eigenvalue weighted by Gasteiger charge is 2.37. The third kappa shape index (κ3) is 4.05. The Morgan fingerprint density at radius 2 is 1.93 bits per heavy atom. The molecule has 1 unspecified atom stereocenters. The molecule has 30 heavy (non-hydrogen) atoms. The minimum Gasteiger partial charge on any atom is -0.378 e. The lowest BCUT2D eigenvalue weighted by molar-refractivity contribution is -0.123. The molecule has 0 fully saturated rings. The van der Waals surface area contributed by atoms with Crippen LogP contribution in [0.4, 0.5) is 11.5 Å². The molecule has 7 nitrogen and oxygen atoms in total. The monoisotopic (exact) mass is 444 g/mol. The van der Waals surface area contributed by atoms with E-state index in [9.17, 15) is 9.59 Å². The first-order valence-corrected chi connectivity index (χ1v) is 9.94. The molecule has 1 aromatic heterocycles. The third-order valence-corrected chi connectivity index (χ3v) is 5.17. The van der Waals surface area contributed by atoms with E-state index in [1.54, 1.807) is 48.2 Å². The van der Waals surface area contributed by atoms with Crippen LogP contribution in [-0.2, 0) is 20.9 Å². The maximum atomic E-state index is 12.6. The predicted molar refractivity (Wildman–Crippen MR) is 116 cm³/mol. The Kier molecular flexibility index (Phi) is 5.76. The summed E-state index contributed by atoms with van der Waals surface area (Å²) in [5.41, 5.74) is 2.74. The van der Waals surface area contributed by atoms with E-state index in [2.05, 4.69) is 15.7 Å². The number of anilines is 2. The van der Waals surface area contributed by atoms with Gasteiger partial charge < -0.3 is 15.4 Å². The quantitative estimate of drug-likeness (QED) is 0.584. The van der Waals surface area contributed by atoms with Crippen molar-refractivity contribution in [3.05, 3.63) is 64.3 Å². The Hall–Kier alpha value is -2.87. The van der Waals surface area contributed by atoms with Crippen molar-refractivity contribution in [2.24, 2.45) is 0 Å². The Morgan fingerprint density at radius 3 is 2.63 bits per heavy atom.